The zero-order valence-corrected chi connectivity index (χ0v) is 8.50. The van der Waals surface area contributed by atoms with Crippen molar-refractivity contribution in [3.05, 3.63) is 18.6 Å². The number of carbonyl (C=O) groups excluding carboxylic acids is 1. The van der Waals surface area contributed by atoms with Crippen LogP contribution in [0.2, 0.25) is 0 Å². The van der Waals surface area contributed by atoms with Gasteiger partial charge in [0.1, 0.15) is 12.1 Å². The molecular weight excluding hydrogens is 192 g/mol. The third-order valence-electron chi connectivity index (χ3n) is 3.18. The van der Waals surface area contributed by atoms with E-state index in [9.17, 15) is 4.79 Å². The molecule has 2 fully saturated rings. The van der Waals surface area contributed by atoms with Gasteiger partial charge in [0.15, 0.2) is 0 Å². The van der Waals surface area contributed by atoms with Crippen LogP contribution in [-0.4, -0.2) is 46.5 Å². The van der Waals surface area contributed by atoms with E-state index in [1.807, 2.05) is 18.0 Å². The summed E-state index contributed by atoms with van der Waals surface area (Å²) < 4.78 is 0. The topological polar surface area (TPSA) is 49.3 Å². The molecule has 5 heteroatoms. The Morgan fingerprint density at radius 2 is 2.33 bits per heavy atom. The van der Waals surface area contributed by atoms with Crippen LogP contribution >= 0.6 is 0 Å². The Bertz CT molecular complexity index is 394. The quantitative estimate of drug-likeness (QED) is 0.640. The highest BCUT2D eigenvalue weighted by atomic mass is 16.2. The highest BCUT2D eigenvalue weighted by Gasteiger charge is 2.50. The molecule has 78 valence electrons. The number of hydrogen-bond acceptors (Lipinski definition) is 4. The van der Waals surface area contributed by atoms with Crippen molar-refractivity contribution in [1.82, 2.24) is 14.9 Å². The Labute approximate surface area is 87.7 Å². The molecule has 0 aromatic carbocycles. The fourth-order valence-electron chi connectivity index (χ4n) is 2.18. The molecule has 3 rings (SSSR count). The molecule has 1 aliphatic carbocycles. The lowest BCUT2D eigenvalue weighted by molar-refractivity contribution is -0.130. The van der Waals surface area contributed by atoms with E-state index in [1.54, 1.807) is 6.20 Å². The van der Waals surface area contributed by atoms with E-state index in [-0.39, 0.29) is 5.91 Å². The molecule has 1 saturated carbocycles. The number of anilines is 1. The van der Waals surface area contributed by atoms with E-state index in [1.165, 1.54) is 6.33 Å². The maximum absolute atomic E-state index is 11.7. The van der Waals surface area contributed by atoms with Gasteiger partial charge in [-0.25, -0.2) is 9.97 Å². The number of amides is 1. The Morgan fingerprint density at radius 1 is 1.47 bits per heavy atom. The van der Waals surface area contributed by atoms with Crippen molar-refractivity contribution in [2.45, 2.75) is 18.5 Å². The number of carbonyl (C=O) groups is 1. The summed E-state index contributed by atoms with van der Waals surface area (Å²) in [5.41, 5.74) is 0. The Kier molecular flexibility index (Phi) is 1.68. The van der Waals surface area contributed by atoms with Crippen LogP contribution in [0.25, 0.3) is 0 Å². The van der Waals surface area contributed by atoms with Gasteiger partial charge in [0, 0.05) is 13.2 Å². The van der Waals surface area contributed by atoms with Gasteiger partial charge >= 0.3 is 0 Å². The Morgan fingerprint density at radius 3 is 3.07 bits per heavy atom. The predicted octanol–water partition coefficient (Wildman–Crippen LogP) is -0.104. The van der Waals surface area contributed by atoms with Crippen LogP contribution in [-0.2, 0) is 4.79 Å². The summed E-state index contributed by atoms with van der Waals surface area (Å²) in [7, 11) is 1.88. The summed E-state index contributed by atoms with van der Waals surface area (Å²) >= 11 is 0. The molecule has 1 aromatic rings. The van der Waals surface area contributed by atoms with Crippen molar-refractivity contribution in [3.63, 3.8) is 0 Å². The number of rotatable bonds is 1. The molecule has 0 bridgehead atoms. The molecule has 2 aliphatic rings. The van der Waals surface area contributed by atoms with Crippen molar-refractivity contribution in [1.29, 1.82) is 0 Å². The first-order chi connectivity index (χ1) is 7.27. The Balaban J connectivity index is 1.87. The second-order valence-corrected chi connectivity index (χ2v) is 4.07. The van der Waals surface area contributed by atoms with Crippen LogP contribution in [0.1, 0.15) is 6.42 Å². The van der Waals surface area contributed by atoms with Gasteiger partial charge in [0.2, 0.25) is 5.91 Å². The molecule has 1 amide bonds. The number of aromatic nitrogens is 2. The second kappa shape index (κ2) is 2.92. The number of piperazine rings is 1. The van der Waals surface area contributed by atoms with E-state index in [4.69, 9.17) is 0 Å². The molecule has 2 atom stereocenters. The van der Waals surface area contributed by atoms with Gasteiger partial charge in [-0.05, 0) is 12.5 Å². The van der Waals surface area contributed by atoms with E-state index >= 15 is 0 Å². The third kappa shape index (κ3) is 1.26. The van der Waals surface area contributed by atoms with Gasteiger partial charge in [0.05, 0.1) is 18.6 Å². The van der Waals surface area contributed by atoms with Crippen LogP contribution in [0.4, 0.5) is 5.82 Å². The molecule has 0 unspecified atom stereocenters. The maximum Gasteiger partial charge on any atom is 0.242 e. The van der Waals surface area contributed by atoms with Crippen molar-refractivity contribution >= 4 is 11.7 Å². The Hall–Kier alpha value is -1.65. The molecule has 1 aliphatic heterocycles. The molecular formula is C10H12N4O. The van der Waals surface area contributed by atoms with Gasteiger partial charge in [-0.1, -0.05) is 0 Å². The lowest BCUT2D eigenvalue weighted by atomic mass is 10.3. The first kappa shape index (κ1) is 8.64. The van der Waals surface area contributed by atoms with Crippen molar-refractivity contribution in [2.75, 3.05) is 18.5 Å². The second-order valence-electron chi connectivity index (χ2n) is 4.07. The fraction of sp³-hybridized carbons (Fsp3) is 0.500. The molecule has 0 radical (unpaired) electrons. The monoisotopic (exact) mass is 204 g/mol. The van der Waals surface area contributed by atoms with Gasteiger partial charge in [-0.2, -0.15) is 0 Å². The van der Waals surface area contributed by atoms with Gasteiger partial charge in [-0.3, -0.25) is 4.79 Å². The number of nitrogens with zero attached hydrogens (tertiary/aromatic N) is 4. The summed E-state index contributed by atoms with van der Waals surface area (Å²) in [6.45, 7) is 0.439. The molecule has 2 heterocycles. The lowest BCUT2D eigenvalue weighted by Crippen LogP contribution is -2.48. The van der Waals surface area contributed by atoms with Crippen LogP contribution in [0.3, 0.4) is 0 Å². The summed E-state index contributed by atoms with van der Waals surface area (Å²) in [5.74, 6) is 1.03. The fourth-order valence-corrected chi connectivity index (χ4v) is 2.18. The predicted molar refractivity (Wildman–Crippen MR) is 54.3 cm³/mol. The summed E-state index contributed by atoms with van der Waals surface area (Å²) in [6, 6.07) is 2.71. The van der Waals surface area contributed by atoms with Crippen molar-refractivity contribution in [3.8, 4) is 0 Å². The number of fused-ring (bicyclic) bond motifs is 1. The minimum atomic E-state index is 0.173. The first-order valence-electron chi connectivity index (χ1n) is 5.05. The lowest BCUT2D eigenvalue weighted by Gasteiger charge is -2.31. The SMILES string of the molecule is CN1C(=O)CN(c2ccncn2)[C@H]2C[C@H]21. The zero-order valence-electron chi connectivity index (χ0n) is 8.50. The zero-order chi connectivity index (χ0) is 10.4. The van der Waals surface area contributed by atoms with Crippen molar-refractivity contribution < 1.29 is 4.79 Å². The highest BCUT2D eigenvalue weighted by molar-refractivity contribution is 5.84. The first-order valence-corrected chi connectivity index (χ1v) is 5.05. The minimum Gasteiger partial charge on any atom is -0.342 e. The van der Waals surface area contributed by atoms with Crippen LogP contribution in [0.5, 0.6) is 0 Å². The molecule has 5 nitrogen and oxygen atoms in total. The van der Waals surface area contributed by atoms with E-state index in [0.717, 1.165) is 12.2 Å². The molecule has 15 heavy (non-hydrogen) atoms. The third-order valence-corrected chi connectivity index (χ3v) is 3.18. The standard InChI is InChI=1S/C10H12N4O/c1-13-7-4-8(7)14(5-10(13)15)9-2-3-11-6-12-9/h2-3,6-8H,4-5H2,1H3/t7-,8+/m1/s1. The average Bonchev–Trinajstić information content (AvgIpc) is 3.05. The number of hydrogen-bond donors (Lipinski definition) is 0. The van der Waals surface area contributed by atoms with E-state index in [0.29, 0.717) is 18.6 Å². The van der Waals surface area contributed by atoms with Crippen LogP contribution in [0, 0.1) is 0 Å². The summed E-state index contributed by atoms with van der Waals surface area (Å²) in [4.78, 5) is 23.6. The molecule has 0 N–H and O–H groups in total. The highest BCUT2D eigenvalue weighted by Crippen LogP contribution is 2.37. The number of likely N-dealkylation sites (N-methyl/N-ethyl adjacent to an activating group) is 1. The summed E-state index contributed by atoms with van der Waals surface area (Å²) in [5, 5.41) is 0. The molecule has 1 saturated heterocycles. The summed E-state index contributed by atoms with van der Waals surface area (Å²) in [6.07, 6.45) is 4.30. The largest absolute Gasteiger partial charge is 0.342 e. The van der Waals surface area contributed by atoms with Crippen LogP contribution in [0.15, 0.2) is 18.6 Å². The normalized spacial score (nSPS) is 29.0. The smallest absolute Gasteiger partial charge is 0.242 e. The van der Waals surface area contributed by atoms with Gasteiger partial charge < -0.3 is 9.80 Å². The van der Waals surface area contributed by atoms with Gasteiger partial charge in [0.25, 0.3) is 0 Å². The maximum atomic E-state index is 11.7. The molecule has 0 spiro atoms. The minimum absolute atomic E-state index is 0.173. The van der Waals surface area contributed by atoms with Crippen molar-refractivity contribution in [2.24, 2.45) is 0 Å². The molecule has 1 aromatic heterocycles. The van der Waals surface area contributed by atoms with E-state index < -0.39 is 0 Å². The van der Waals surface area contributed by atoms with E-state index in [2.05, 4.69) is 14.9 Å². The average molecular weight is 204 g/mol. The van der Waals surface area contributed by atoms with Crippen LogP contribution < -0.4 is 4.90 Å². The van der Waals surface area contributed by atoms with Gasteiger partial charge in [-0.15, -0.1) is 0 Å².